The minimum atomic E-state index is -1.31. The minimum Gasteiger partial charge on any atom is -0.476 e. The summed E-state index contributed by atoms with van der Waals surface area (Å²) in [7, 11) is 0. The molecule has 3 aromatic rings. The van der Waals surface area contributed by atoms with Crippen LogP contribution in [0.4, 0.5) is 0 Å². The molecule has 3 rings (SSSR count). The van der Waals surface area contributed by atoms with Crippen LogP contribution in [0.25, 0.3) is 11.0 Å². The summed E-state index contributed by atoms with van der Waals surface area (Å²) in [6.07, 6.45) is 0. The average Bonchev–Trinajstić information content (AvgIpc) is 2.50. The van der Waals surface area contributed by atoms with Crippen molar-refractivity contribution in [3.63, 3.8) is 0 Å². The third-order valence-electron chi connectivity index (χ3n) is 3.24. The van der Waals surface area contributed by atoms with Crippen LogP contribution in [0.1, 0.15) is 16.1 Å². The molecule has 0 aliphatic carbocycles. The van der Waals surface area contributed by atoms with E-state index >= 15 is 0 Å². The molecule has 0 fully saturated rings. The van der Waals surface area contributed by atoms with E-state index in [0.29, 0.717) is 17.6 Å². The van der Waals surface area contributed by atoms with Crippen molar-refractivity contribution in [3.8, 4) is 0 Å². The SMILES string of the molecule is O=C(O)c1nc2ccccc2n(Cc2ccccc2)c1=O. The van der Waals surface area contributed by atoms with Crippen molar-refractivity contribution in [3.05, 3.63) is 76.2 Å². The number of para-hydroxylation sites is 2. The van der Waals surface area contributed by atoms with Crippen molar-refractivity contribution in [1.29, 1.82) is 0 Å². The summed E-state index contributed by atoms with van der Waals surface area (Å²) in [5, 5.41) is 9.14. The molecular weight excluding hydrogens is 268 g/mol. The van der Waals surface area contributed by atoms with Crippen LogP contribution in [0, 0.1) is 0 Å². The maximum absolute atomic E-state index is 12.3. The summed E-state index contributed by atoms with van der Waals surface area (Å²) in [4.78, 5) is 27.5. The molecule has 1 N–H and O–H groups in total. The van der Waals surface area contributed by atoms with E-state index in [0.717, 1.165) is 5.56 Å². The minimum absolute atomic E-state index is 0.309. The van der Waals surface area contributed by atoms with E-state index in [1.807, 2.05) is 30.3 Å². The van der Waals surface area contributed by atoms with Crippen molar-refractivity contribution < 1.29 is 9.90 Å². The summed E-state index contributed by atoms with van der Waals surface area (Å²) in [6, 6.07) is 16.4. The van der Waals surface area contributed by atoms with Crippen LogP contribution in [0.5, 0.6) is 0 Å². The van der Waals surface area contributed by atoms with E-state index in [4.69, 9.17) is 5.11 Å². The first-order valence-electron chi connectivity index (χ1n) is 6.43. The molecule has 5 heteroatoms. The first-order valence-corrected chi connectivity index (χ1v) is 6.43. The van der Waals surface area contributed by atoms with Crippen LogP contribution in [0.3, 0.4) is 0 Å². The molecule has 0 saturated carbocycles. The number of benzene rings is 2. The van der Waals surface area contributed by atoms with Crippen LogP contribution in [-0.4, -0.2) is 20.6 Å². The molecule has 104 valence electrons. The third-order valence-corrected chi connectivity index (χ3v) is 3.24. The number of fused-ring (bicyclic) bond motifs is 1. The zero-order chi connectivity index (χ0) is 14.8. The average molecular weight is 280 g/mol. The van der Waals surface area contributed by atoms with E-state index < -0.39 is 17.2 Å². The quantitative estimate of drug-likeness (QED) is 0.797. The molecule has 0 atom stereocenters. The number of nitrogens with zero attached hydrogens (tertiary/aromatic N) is 2. The smallest absolute Gasteiger partial charge is 0.360 e. The van der Waals surface area contributed by atoms with Gasteiger partial charge in [0.05, 0.1) is 17.6 Å². The van der Waals surface area contributed by atoms with Crippen molar-refractivity contribution in [2.24, 2.45) is 0 Å². The number of rotatable bonds is 3. The Morgan fingerprint density at radius 1 is 1.05 bits per heavy atom. The lowest BCUT2D eigenvalue weighted by Crippen LogP contribution is -2.28. The molecule has 0 bridgehead atoms. The van der Waals surface area contributed by atoms with E-state index in [1.54, 1.807) is 24.3 Å². The van der Waals surface area contributed by atoms with Gasteiger partial charge in [0.2, 0.25) is 5.69 Å². The van der Waals surface area contributed by atoms with Gasteiger partial charge in [0.15, 0.2) is 0 Å². The largest absolute Gasteiger partial charge is 0.476 e. The summed E-state index contributed by atoms with van der Waals surface area (Å²) in [5.74, 6) is -1.31. The number of aromatic nitrogens is 2. The summed E-state index contributed by atoms with van der Waals surface area (Å²) in [6.45, 7) is 0.309. The van der Waals surface area contributed by atoms with Crippen molar-refractivity contribution in [1.82, 2.24) is 9.55 Å². The monoisotopic (exact) mass is 280 g/mol. The Morgan fingerprint density at radius 2 is 1.71 bits per heavy atom. The number of aromatic carboxylic acids is 1. The zero-order valence-electron chi connectivity index (χ0n) is 11.1. The highest BCUT2D eigenvalue weighted by atomic mass is 16.4. The summed E-state index contributed by atoms with van der Waals surface area (Å²) >= 11 is 0. The van der Waals surface area contributed by atoms with Crippen molar-refractivity contribution >= 4 is 17.0 Å². The molecule has 5 nitrogen and oxygen atoms in total. The molecule has 0 amide bonds. The van der Waals surface area contributed by atoms with E-state index in [1.165, 1.54) is 4.57 Å². The fourth-order valence-electron chi connectivity index (χ4n) is 2.25. The van der Waals surface area contributed by atoms with Gasteiger partial charge in [-0.3, -0.25) is 4.79 Å². The second-order valence-electron chi connectivity index (χ2n) is 4.63. The van der Waals surface area contributed by atoms with Gasteiger partial charge in [0.1, 0.15) is 0 Å². The Hall–Kier alpha value is -2.95. The number of hydrogen-bond donors (Lipinski definition) is 1. The molecule has 2 aromatic carbocycles. The van der Waals surface area contributed by atoms with Gasteiger partial charge in [-0.15, -0.1) is 0 Å². The molecule has 0 aliphatic heterocycles. The van der Waals surface area contributed by atoms with Gasteiger partial charge in [-0.05, 0) is 17.7 Å². The van der Waals surface area contributed by atoms with E-state index in [9.17, 15) is 9.59 Å². The van der Waals surface area contributed by atoms with Gasteiger partial charge >= 0.3 is 5.97 Å². The van der Waals surface area contributed by atoms with E-state index in [-0.39, 0.29) is 0 Å². The van der Waals surface area contributed by atoms with Gasteiger partial charge in [-0.1, -0.05) is 42.5 Å². The van der Waals surface area contributed by atoms with Gasteiger partial charge in [0.25, 0.3) is 5.56 Å². The highest BCUT2D eigenvalue weighted by molar-refractivity contribution is 5.88. The first kappa shape index (κ1) is 13.1. The molecule has 1 heterocycles. The van der Waals surface area contributed by atoms with E-state index in [2.05, 4.69) is 4.98 Å². The number of carboxylic acid groups (broad SMARTS) is 1. The standard InChI is InChI=1S/C16H12N2O3/c19-15-14(16(20)21)17-12-8-4-5-9-13(12)18(15)10-11-6-2-1-3-7-11/h1-9H,10H2,(H,20,21). The van der Waals surface area contributed by atoms with Crippen LogP contribution >= 0.6 is 0 Å². The lowest BCUT2D eigenvalue weighted by atomic mass is 10.2. The Kier molecular flexibility index (Phi) is 3.23. The third kappa shape index (κ3) is 2.41. The Bertz CT molecular complexity index is 870. The fraction of sp³-hybridized carbons (Fsp3) is 0.0625. The second-order valence-corrected chi connectivity index (χ2v) is 4.63. The maximum Gasteiger partial charge on any atom is 0.360 e. The van der Waals surface area contributed by atoms with Crippen LogP contribution in [-0.2, 0) is 6.54 Å². The molecule has 0 spiro atoms. The first-order chi connectivity index (χ1) is 10.2. The Balaban J connectivity index is 2.26. The van der Waals surface area contributed by atoms with Crippen LogP contribution < -0.4 is 5.56 Å². The molecule has 0 unspecified atom stereocenters. The van der Waals surface area contributed by atoms with Gasteiger partial charge in [-0.2, -0.15) is 0 Å². The summed E-state index contributed by atoms with van der Waals surface area (Å²) in [5.41, 5.74) is 0.990. The van der Waals surface area contributed by atoms with Gasteiger partial charge < -0.3 is 9.67 Å². The van der Waals surface area contributed by atoms with Crippen LogP contribution in [0.15, 0.2) is 59.4 Å². The Morgan fingerprint density at radius 3 is 2.43 bits per heavy atom. The van der Waals surface area contributed by atoms with Gasteiger partial charge in [-0.25, -0.2) is 9.78 Å². The molecule has 0 saturated heterocycles. The van der Waals surface area contributed by atoms with Crippen molar-refractivity contribution in [2.45, 2.75) is 6.54 Å². The predicted molar refractivity (Wildman–Crippen MR) is 78.5 cm³/mol. The van der Waals surface area contributed by atoms with Crippen molar-refractivity contribution in [2.75, 3.05) is 0 Å². The molecule has 0 radical (unpaired) electrons. The zero-order valence-corrected chi connectivity index (χ0v) is 11.1. The second kappa shape index (κ2) is 5.20. The number of carbonyl (C=O) groups is 1. The predicted octanol–water partition coefficient (Wildman–Crippen LogP) is 2.14. The highest BCUT2D eigenvalue weighted by Crippen LogP contribution is 2.12. The topological polar surface area (TPSA) is 72.2 Å². The molecule has 1 aromatic heterocycles. The lowest BCUT2D eigenvalue weighted by molar-refractivity contribution is 0.0688. The highest BCUT2D eigenvalue weighted by Gasteiger charge is 2.16. The fourth-order valence-corrected chi connectivity index (χ4v) is 2.25. The Labute approximate surface area is 120 Å². The number of carboxylic acids is 1. The van der Waals surface area contributed by atoms with Crippen LogP contribution in [0.2, 0.25) is 0 Å². The molecule has 0 aliphatic rings. The molecular formula is C16H12N2O3. The summed E-state index contributed by atoms with van der Waals surface area (Å²) < 4.78 is 1.45. The van der Waals surface area contributed by atoms with Gasteiger partial charge in [0, 0.05) is 0 Å². The molecule has 21 heavy (non-hydrogen) atoms. The lowest BCUT2D eigenvalue weighted by Gasteiger charge is -2.11. The maximum atomic E-state index is 12.3. The number of hydrogen-bond acceptors (Lipinski definition) is 3. The normalized spacial score (nSPS) is 10.7.